The van der Waals surface area contributed by atoms with Crippen LogP contribution in [0.4, 0.5) is 0 Å². The van der Waals surface area contributed by atoms with E-state index < -0.39 is 48.1 Å². The fraction of sp³-hybridized carbons (Fsp3) is 0.667. The van der Waals surface area contributed by atoms with Crippen LogP contribution in [0, 0.1) is 11.8 Å². The lowest BCUT2D eigenvalue weighted by Gasteiger charge is -2.38. The number of hydrogen-bond acceptors (Lipinski definition) is 8. The molecular formula is C30H48N6O7. The van der Waals surface area contributed by atoms with Gasteiger partial charge in [-0.2, -0.15) is 0 Å². The zero-order valence-corrected chi connectivity index (χ0v) is 25.1. The van der Waals surface area contributed by atoms with Gasteiger partial charge in [-0.3, -0.25) is 19.4 Å². The third-order valence-electron chi connectivity index (χ3n) is 8.72. The number of carbonyl (C=O) groups is 3. The van der Waals surface area contributed by atoms with Gasteiger partial charge in [-0.1, -0.05) is 32.4 Å². The third-order valence-corrected chi connectivity index (χ3v) is 8.72. The van der Waals surface area contributed by atoms with Crippen molar-refractivity contribution in [1.29, 1.82) is 0 Å². The van der Waals surface area contributed by atoms with E-state index in [1.165, 1.54) is 17.0 Å². The van der Waals surface area contributed by atoms with E-state index in [2.05, 4.69) is 15.6 Å². The van der Waals surface area contributed by atoms with Crippen molar-refractivity contribution in [2.75, 3.05) is 13.2 Å². The molecule has 0 radical (unpaired) electrons. The second kappa shape index (κ2) is 15.9. The summed E-state index contributed by atoms with van der Waals surface area (Å²) in [6.45, 7) is 3.76. The number of carbonyl (C=O) groups excluding carboxylic acids is 3. The number of aliphatic hydroxyl groups excluding tert-OH is 3. The van der Waals surface area contributed by atoms with E-state index >= 15 is 0 Å². The first-order chi connectivity index (χ1) is 20.4. The van der Waals surface area contributed by atoms with Crippen molar-refractivity contribution in [2.24, 2.45) is 28.3 Å². The molecule has 240 valence electrons. The van der Waals surface area contributed by atoms with Crippen molar-refractivity contribution in [3.8, 4) is 5.75 Å². The topological polar surface area (TPSA) is 224 Å². The molecule has 8 atom stereocenters. The lowest BCUT2D eigenvalue weighted by atomic mass is 9.83. The highest BCUT2D eigenvalue weighted by atomic mass is 16.3. The van der Waals surface area contributed by atoms with Gasteiger partial charge in [-0.15, -0.1) is 0 Å². The highest BCUT2D eigenvalue weighted by Gasteiger charge is 2.51. The number of aliphatic hydroxyl groups is 3. The largest absolute Gasteiger partial charge is 0.508 e. The Morgan fingerprint density at radius 2 is 1.81 bits per heavy atom. The van der Waals surface area contributed by atoms with Crippen LogP contribution in [0.2, 0.25) is 0 Å². The van der Waals surface area contributed by atoms with E-state index in [1.54, 1.807) is 12.1 Å². The number of hydrogen-bond donors (Lipinski definition) is 8. The number of nitrogens with zero attached hydrogens (tertiary/aromatic N) is 2. The van der Waals surface area contributed by atoms with Crippen molar-refractivity contribution < 1.29 is 34.8 Å². The second-order valence-electron chi connectivity index (χ2n) is 11.9. The molecule has 0 spiro atoms. The molecule has 1 saturated carbocycles. The molecule has 0 aromatic heterocycles. The number of rotatable bonds is 14. The number of fused-ring (bicyclic) bond motifs is 1. The first kappa shape index (κ1) is 34.1. The van der Waals surface area contributed by atoms with Crippen LogP contribution in [0.15, 0.2) is 29.3 Å². The highest BCUT2D eigenvalue weighted by Crippen LogP contribution is 2.40. The number of amides is 3. The molecule has 1 saturated heterocycles. The lowest BCUT2D eigenvalue weighted by molar-refractivity contribution is -0.147. The van der Waals surface area contributed by atoms with Crippen LogP contribution >= 0.6 is 0 Å². The summed E-state index contributed by atoms with van der Waals surface area (Å²) in [4.78, 5) is 46.4. The molecule has 1 aromatic carbocycles. The summed E-state index contributed by atoms with van der Waals surface area (Å²) in [6.07, 6.45) is 1.43. The first-order valence-corrected chi connectivity index (χ1v) is 15.2. The van der Waals surface area contributed by atoms with Gasteiger partial charge < -0.3 is 47.4 Å². The normalized spacial score (nSPS) is 24.3. The third kappa shape index (κ3) is 9.28. The SMILES string of the molecule is CCC(C)C(NC(=O)C(O)Cc1ccc(O)cc1)C(=O)N1C(C(=O)NC(CO)CCCN=C(N)N)CC2CCC(O)CC21. The van der Waals surface area contributed by atoms with Crippen molar-refractivity contribution in [3.63, 3.8) is 0 Å². The van der Waals surface area contributed by atoms with Crippen LogP contribution in [0.3, 0.4) is 0 Å². The number of benzene rings is 1. The fourth-order valence-corrected chi connectivity index (χ4v) is 6.08. The van der Waals surface area contributed by atoms with E-state index in [4.69, 9.17) is 11.5 Å². The molecular weight excluding hydrogens is 556 g/mol. The van der Waals surface area contributed by atoms with Crippen molar-refractivity contribution in [1.82, 2.24) is 15.5 Å². The smallest absolute Gasteiger partial charge is 0.249 e. The van der Waals surface area contributed by atoms with Gasteiger partial charge in [0.15, 0.2) is 5.96 Å². The molecule has 13 nitrogen and oxygen atoms in total. The summed E-state index contributed by atoms with van der Waals surface area (Å²) in [5.74, 6) is -1.83. The Kier molecular flexibility index (Phi) is 12.6. The van der Waals surface area contributed by atoms with Crippen molar-refractivity contribution >= 4 is 23.7 Å². The zero-order valence-electron chi connectivity index (χ0n) is 25.1. The van der Waals surface area contributed by atoms with Crippen LogP contribution in [0.5, 0.6) is 5.75 Å². The average molecular weight is 605 g/mol. The molecule has 0 bridgehead atoms. The summed E-state index contributed by atoms with van der Waals surface area (Å²) < 4.78 is 0. The number of phenols is 1. The van der Waals surface area contributed by atoms with Gasteiger partial charge in [0, 0.05) is 19.0 Å². The van der Waals surface area contributed by atoms with Crippen LogP contribution in [0.1, 0.15) is 64.4 Å². The molecule has 8 unspecified atom stereocenters. The zero-order chi connectivity index (χ0) is 31.7. The standard InChI is InChI=1S/C30H48N6O7/c1-3-17(2)26(35-28(42)25(40)13-18-6-9-21(38)10-7-18)29(43)36-23-15-22(39)11-8-19(23)14-24(36)27(41)34-20(16-37)5-4-12-33-30(31)32/h6-7,9-10,17,19-20,22-26,37-40H,3-5,8,11-16H2,1-2H3,(H,34,41)(H,35,42)(H4,31,32,33). The Morgan fingerprint density at radius 1 is 1.12 bits per heavy atom. The summed E-state index contributed by atoms with van der Waals surface area (Å²) in [5, 5.41) is 46.2. The van der Waals surface area contributed by atoms with Crippen LogP contribution < -0.4 is 22.1 Å². The van der Waals surface area contributed by atoms with Crippen molar-refractivity contribution in [3.05, 3.63) is 29.8 Å². The molecule has 10 N–H and O–H groups in total. The van der Waals surface area contributed by atoms with Crippen molar-refractivity contribution in [2.45, 2.75) is 102 Å². The fourth-order valence-electron chi connectivity index (χ4n) is 6.08. The maximum Gasteiger partial charge on any atom is 0.249 e. The van der Waals surface area contributed by atoms with E-state index in [0.29, 0.717) is 57.1 Å². The Bertz CT molecular complexity index is 1110. The molecule has 3 amide bonds. The molecule has 2 aliphatic rings. The maximum atomic E-state index is 14.3. The average Bonchev–Trinajstić information content (AvgIpc) is 3.36. The minimum atomic E-state index is -1.44. The number of nitrogens with one attached hydrogen (secondary N) is 2. The van der Waals surface area contributed by atoms with Gasteiger partial charge in [0.1, 0.15) is 23.9 Å². The van der Waals surface area contributed by atoms with Crippen LogP contribution in [0.25, 0.3) is 0 Å². The number of aliphatic imine (C=N–C) groups is 1. The van der Waals surface area contributed by atoms with E-state index in [0.717, 1.165) is 0 Å². The number of nitrogens with two attached hydrogens (primary N) is 2. The van der Waals surface area contributed by atoms with Gasteiger partial charge in [-0.25, -0.2) is 0 Å². The molecule has 1 heterocycles. The van der Waals surface area contributed by atoms with Gasteiger partial charge in [0.05, 0.1) is 18.8 Å². The Hall–Kier alpha value is -3.42. The number of likely N-dealkylation sites (tertiary alicyclic amines) is 1. The van der Waals surface area contributed by atoms with Gasteiger partial charge in [0.25, 0.3) is 0 Å². The predicted molar refractivity (Wildman–Crippen MR) is 161 cm³/mol. The Morgan fingerprint density at radius 3 is 2.44 bits per heavy atom. The molecule has 3 rings (SSSR count). The summed E-state index contributed by atoms with van der Waals surface area (Å²) >= 11 is 0. The number of aromatic hydroxyl groups is 1. The van der Waals surface area contributed by atoms with E-state index in [-0.39, 0.29) is 42.6 Å². The molecule has 1 aliphatic heterocycles. The quantitative estimate of drug-likeness (QED) is 0.0776. The molecule has 13 heteroatoms. The van der Waals surface area contributed by atoms with Gasteiger partial charge in [-0.05, 0) is 68.1 Å². The monoisotopic (exact) mass is 604 g/mol. The van der Waals surface area contributed by atoms with Gasteiger partial charge in [0.2, 0.25) is 17.7 Å². The predicted octanol–water partition coefficient (Wildman–Crippen LogP) is -0.512. The van der Waals surface area contributed by atoms with Crippen LogP contribution in [-0.4, -0.2) is 98.5 Å². The van der Waals surface area contributed by atoms with E-state index in [9.17, 15) is 34.8 Å². The highest BCUT2D eigenvalue weighted by molar-refractivity contribution is 5.94. The van der Waals surface area contributed by atoms with Crippen LogP contribution in [-0.2, 0) is 20.8 Å². The Labute approximate surface area is 252 Å². The minimum absolute atomic E-state index is 0.00548. The molecule has 2 fully saturated rings. The number of phenolic OH excluding ortho intramolecular Hbond substituents is 1. The second-order valence-corrected chi connectivity index (χ2v) is 11.9. The first-order valence-electron chi connectivity index (χ1n) is 15.2. The number of guanidine groups is 1. The summed E-state index contributed by atoms with van der Waals surface area (Å²) in [7, 11) is 0. The molecule has 1 aliphatic carbocycles. The molecule has 43 heavy (non-hydrogen) atoms. The maximum absolute atomic E-state index is 14.3. The van der Waals surface area contributed by atoms with E-state index in [1.807, 2.05) is 13.8 Å². The minimum Gasteiger partial charge on any atom is -0.508 e. The molecule has 1 aromatic rings. The summed E-state index contributed by atoms with van der Waals surface area (Å²) in [6, 6.07) is 3.34. The lowest BCUT2D eigenvalue weighted by Crippen LogP contribution is -2.60. The van der Waals surface area contributed by atoms with Gasteiger partial charge >= 0.3 is 0 Å². The Balaban J connectivity index is 1.79. The summed E-state index contributed by atoms with van der Waals surface area (Å²) in [5.41, 5.74) is 11.4.